The minimum Gasteiger partial charge on any atom is -0.464 e. The lowest BCUT2D eigenvalue weighted by Gasteiger charge is -2.57. The fraction of sp³-hybridized carbons (Fsp3) is 0.500. The van der Waals surface area contributed by atoms with Gasteiger partial charge in [-0.3, -0.25) is 0 Å². The number of nitriles is 1. The number of rotatable bonds is 4. The van der Waals surface area contributed by atoms with Crippen LogP contribution in [0.2, 0.25) is 0 Å². The van der Waals surface area contributed by atoms with Gasteiger partial charge in [-0.15, -0.1) is 0 Å². The van der Waals surface area contributed by atoms with Gasteiger partial charge in [0.25, 0.3) is 0 Å². The highest BCUT2D eigenvalue weighted by atomic mass is 16.5. The first-order chi connectivity index (χ1) is 14.5. The number of carbonyl (C=O) groups excluding carboxylic acids is 1. The van der Waals surface area contributed by atoms with E-state index in [-0.39, 0.29) is 22.4 Å². The second kappa shape index (κ2) is 6.80. The Hall–Kier alpha value is -2.94. The first-order valence-electron chi connectivity index (χ1n) is 10.8. The molecule has 4 aliphatic rings. The van der Waals surface area contributed by atoms with Gasteiger partial charge in [-0.05, 0) is 79.4 Å². The van der Waals surface area contributed by atoms with Crippen molar-refractivity contribution in [3.63, 3.8) is 0 Å². The van der Waals surface area contributed by atoms with Gasteiger partial charge in [-0.1, -0.05) is 6.07 Å². The lowest BCUT2D eigenvalue weighted by atomic mass is 9.48. The van der Waals surface area contributed by atoms with Crippen molar-refractivity contribution in [1.82, 2.24) is 4.57 Å². The molecule has 1 heterocycles. The van der Waals surface area contributed by atoms with Crippen molar-refractivity contribution in [3.8, 4) is 11.8 Å². The number of benzene rings is 1. The Morgan fingerprint density at radius 1 is 1.23 bits per heavy atom. The zero-order valence-corrected chi connectivity index (χ0v) is 17.6. The Labute approximate surface area is 177 Å². The molecule has 6 nitrogen and oxygen atoms in total. The van der Waals surface area contributed by atoms with Gasteiger partial charge in [0.1, 0.15) is 6.07 Å². The normalized spacial score (nSPS) is 28.9. The summed E-state index contributed by atoms with van der Waals surface area (Å²) in [5.41, 5.74) is 10.1. The van der Waals surface area contributed by atoms with Crippen molar-refractivity contribution in [3.05, 3.63) is 41.2 Å². The molecule has 0 atom stereocenters. The van der Waals surface area contributed by atoms with Crippen LogP contribution in [0.15, 0.2) is 24.4 Å². The van der Waals surface area contributed by atoms with Crippen LogP contribution >= 0.6 is 0 Å². The third-order valence-corrected chi connectivity index (χ3v) is 7.72. The van der Waals surface area contributed by atoms with Crippen LogP contribution in [0.4, 0.5) is 11.4 Å². The summed E-state index contributed by atoms with van der Waals surface area (Å²) in [4.78, 5) is 12.5. The highest BCUT2D eigenvalue weighted by Gasteiger charge is 2.51. The number of carbonyl (C=O) groups is 1. The number of ether oxygens (including phenoxy) is 1. The molecule has 0 aliphatic heterocycles. The summed E-state index contributed by atoms with van der Waals surface area (Å²) >= 11 is 0. The van der Waals surface area contributed by atoms with Gasteiger partial charge in [-0.25, -0.2) is 4.79 Å². The monoisotopic (exact) mass is 404 g/mol. The third kappa shape index (κ3) is 2.72. The Kier molecular flexibility index (Phi) is 4.32. The van der Waals surface area contributed by atoms with Crippen molar-refractivity contribution in [1.29, 1.82) is 5.26 Å². The number of nitrogens with two attached hydrogens (primary N) is 1. The van der Waals surface area contributed by atoms with Gasteiger partial charge in [-0.2, -0.15) is 5.26 Å². The first kappa shape index (κ1) is 19.0. The van der Waals surface area contributed by atoms with Crippen molar-refractivity contribution in [2.45, 2.75) is 43.9 Å². The Morgan fingerprint density at radius 3 is 2.40 bits per heavy atom. The summed E-state index contributed by atoms with van der Waals surface area (Å²) in [6.07, 6.45) is 9.61. The maximum absolute atomic E-state index is 12.5. The van der Waals surface area contributed by atoms with Crippen molar-refractivity contribution in [2.24, 2.45) is 17.8 Å². The fourth-order valence-corrected chi connectivity index (χ4v) is 6.84. The van der Waals surface area contributed by atoms with E-state index in [2.05, 4.69) is 29.6 Å². The number of anilines is 2. The van der Waals surface area contributed by atoms with Gasteiger partial charge in [0.2, 0.25) is 0 Å². The lowest BCUT2D eigenvalue weighted by molar-refractivity contribution is -0.00518. The highest BCUT2D eigenvalue weighted by Crippen LogP contribution is 2.61. The minimum absolute atomic E-state index is 0.159. The summed E-state index contributed by atoms with van der Waals surface area (Å²) in [6, 6.07) is 8.63. The van der Waals surface area contributed by atoms with E-state index in [1.807, 2.05) is 7.05 Å². The molecule has 4 saturated carbocycles. The summed E-state index contributed by atoms with van der Waals surface area (Å²) in [5, 5.41) is 12.7. The molecule has 0 spiro atoms. The smallest absolute Gasteiger partial charge is 0.357 e. The van der Waals surface area contributed by atoms with E-state index in [9.17, 15) is 10.1 Å². The molecule has 30 heavy (non-hydrogen) atoms. The molecule has 2 aromatic rings. The molecule has 4 aliphatic carbocycles. The predicted octanol–water partition coefficient (Wildman–Crippen LogP) is 4.23. The van der Waals surface area contributed by atoms with Crippen LogP contribution in [0.1, 0.15) is 60.1 Å². The Balaban J connectivity index is 1.66. The van der Waals surface area contributed by atoms with Crippen molar-refractivity contribution in [2.75, 3.05) is 25.2 Å². The summed E-state index contributed by atoms with van der Waals surface area (Å²) in [7, 11) is 3.19. The van der Waals surface area contributed by atoms with Gasteiger partial charge < -0.3 is 20.4 Å². The second-order valence-electron chi connectivity index (χ2n) is 9.46. The Morgan fingerprint density at radius 2 is 1.87 bits per heavy atom. The molecule has 3 N–H and O–H groups in total. The number of esters is 1. The first-order valence-corrected chi connectivity index (χ1v) is 10.8. The van der Waals surface area contributed by atoms with Crippen LogP contribution in [0.3, 0.4) is 0 Å². The van der Waals surface area contributed by atoms with Crippen molar-refractivity contribution >= 4 is 17.3 Å². The summed E-state index contributed by atoms with van der Waals surface area (Å²) in [6.45, 7) is 0. The molecule has 0 saturated heterocycles. The molecular weight excluding hydrogens is 376 g/mol. The average molecular weight is 405 g/mol. The Bertz CT molecular complexity index is 1030. The largest absolute Gasteiger partial charge is 0.464 e. The van der Waals surface area contributed by atoms with E-state index in [0.29, 0.717) is 0 Å². The third-order valence-electron chi connectivity index (χ3n) is 7.72. The molecule has 4 fully saturated rings. The number of methoxy groups -OCH3 is 1. The minimum atomic E-state index is -0.545. The van der Waals surface area contributed by atoms with Crippen LogP contribution in [-0.4, -0.2) is 24.7 Å². The molecule has 4 bridgehead atoms. The fourth-order valence-electron chi connectivity index (χ4n) is 6.84. The molecule has 0 radical (unpaired) electrons. The van der Waals surface area contributed by atoms with Crippen LogP contribution in [-0.2, 0) is 10.2 Å². The van der Waals surface area contributed by atoms with Crippen LogP contribution in [0.5, 0.6) is 0 Å². The molecule has 6 heteroatoms. The van der Waals surface area contributed by atoms with E-state index in [1.54, 1.807) is 10.8 Å². The quantitative estimate of drug-likeness (QED) is 0.744. The van der Waals surface area contributed by atoms with Gasteiger partial charge in [0.05, 0.1) is 29.7 Å². The van der Waals surface area contributed by atoms with E-state index in [0.717, 1.165) is 29.1 Å². The predicted molar refractivity (Wildman–Crippen MR) is 116 cm³/mol. The summed E-state index contributed by atoms with van der Waals surface area (Å²) in [5.74, 6) is 2.00. The van der Waals surface area contributed by atoms with E-state index < -0.39 is 5.97 Å². The second-order valence-corrected chi connectivity index (χ2v) is 9.46. The number of nitrogens with one attached hydrogen (secondary N) is 1. The van der Waals surface area contributed by atoms with E-state index in [4.69, 9.17) is 10.5 Å². The molecule has 1 aromatic heterocycles. The average Bonchev–Trinajstić information content (AvgIpc) is 3.07. The number of aromatic nitrogens is 1. The van der Waals surface area contributed by atoms with Gasteiger partial charge in [0.15, 0.2) is 5.69 Å². The summed E-state index contributed by atoms with van der Waals surface area (Å²) < 4.78 is 6.69. The number of nitrogen functional groups attached to an aromatic ring is 1. The maximum atomic E-state index is 12.5. The van der Waals surface area contributed by atoms with Crippen molar-refractivity contribution < 1.29 is 9.53 Å². The molecular formula is C24H28N4O2. The van der Waals surface area contributed by atoms with Gasteiger partial charge >= 0.3 is 5.97 Å². The molecule has 1 aromatic carbocycles. The topological polar surface area (TPSA) is 93.1 Å². The number of hydrogen-bond donors (Lipinski definition) is 2. The van der Waals surface area contributed by atoms with Gasteiger partial charge in [0, 0.05) is 13.2 Å². The SMILES string of the molecule is CNc1ccc(C23CC4CC(CC(C4)C2)C3)cc1-n1cc(C#N)c(N)c1C(=O)OC. The highest BCUT2D eigenvalue weighted by molar-refractivity contribution is 5.96. The molecule has 0 unspecified atom stereocenters. The van der Waals surface area contributed by atoms with E-state index in [1.165, 1.54) is 51.2 Å². The number of hydrogen-bond acceptors (Lipinski definition) is 5. The maximum Gasteiger partial charge on any atom is 0.357 e. The van der Waals surface area contributed by atoms with Crippen LogP contribution in [0, 0.1) is 29.1 Å². The van der Waals surface area contributed by atoms with Crippen LogP contribution < -0.4 is 11.1 Å². The zero-order valence-electron chi connectivity index (χ0n) is 17.6. The number of nitrogens with zero attached hydrogens (tertiary/aromatic N) is 2. The molecule has 6 rings (SSSR count). The van der Waals surface area contributed by atoms with E-state index >= 15 is 0 Å². The molecule has 0 amide bonds. The van der Waals surface area contributed by atoms with Crippen LogP contribution in [0.25, 0.3) is 5.69 Å². The zero-order chi connectivity index (χ0) is 21.0. The molecule has 156 valence electrons. The lowest BCUT2D eigenvalue weighted by Crippen LogP contribution is -2.48. The standard InChI is InChI=1S/C24H28N4O2/c1-27-19-4-3-18(24-9-14-5-15(10-24)7-16(6-14)11-24)8-20(19)28-13-17(12-25)21(26)22(28)23(29)30-2/h3-4,8,13-16,27H,5-7,9-11,26H2,1-2H3.